The van der Waals surface area contributed by atoms with Gasteiger partial charge in [-0.05, 0) is 18.1 Å². The Kier molecular flexibility index (Phi) is 3.33. The molecule has 2 atom stereocenters. The molecule has 0 aliphatic carbocycles. The third kappa shape index (κ3) is 2.26. The van der Waals surface area contributed by atoms with Crippen molar-refractivity contribution < 1.29 is 9.53 Å². The number of hydrogen-bond acceptors (Lipinski definition) is 3. The van der Waals surface area contributed by atoms with Gasteiger partial charge in [0.05, 0.1) is 6.04 Å². The number of likely N-dealkylation sites (N-methyl/N-ethyl adjacent to an activating group) is 1. The highest BCUT2D eigenvalue weighted by Gasteiger charge is 2.38. The first-order valence-corrected chi connectivity index (χ1v) is 5.81. The van der Waals surface area contributed by atoms with Crippen molar-refractivity contribution in [2.45, 2.75) is 25.5 Å². The molecule has 0 bridgehead atoms. The lowest BCUT2D eigenvalue weighted by atomic mass is 9.98. The fraction of sp³-hybridized carbons (Fsp3) is 0.462. The molecule has 2 N–H and O–H groups in total. The van der Waals surface area contributed by atoms with E-state index < -0.39 is 0 Å². The van der Waals surface area contributed by atoms with E-state index in [1.807, 2.05) is 12.1 Å². The first-order chi connectivity index (χ1) is 8.13. The fourth-order valence-corrected chi connectivity index (χ4v) is 2.22. The first-order valence-electron chi connectivity index (χ1n) is 5.81. The number of rotatable bonds is 3. The summed E-state index contributed by atoms with van der Waals surface area (Å²) in [5.74, 6) is 0. The molecule has 92 valence electrons. The van der Waals surface area contributed by atoms with E-state index >= 15 is 0 Å². The normalized spacial score (nSPS) is 23.9. The molecule has 17 heavy (non-hydrogen) atoms. The van der Waals surface area contributed by atoms with Crippen LogP contribution >= 0.6 is 0 Å². The molecule has 1 heterocycles. The number of benzene rings is 1. The summed E-state index contributed by atoms with van der Waals surface area (Å²) in [6.07, 6.45) is 0.308. The van der Waals surface area contributed by atoms with Crippen molar-refractivity contribution in [2.24, 2.45) is 5.73 Å². The van der Waals surface area contributed by atoms with E-state index in [2.05, 4.69) is 19.1 Å². The maximum absolute atomic E-state index is 11.5. The second kappa shape index (κ2) is 4.75. The first kappa shape index (κ1) is 11.9. The number of aryl methyl sites for hydroxylation is 1. The van der Waals surface area contributed by atoms with Gasteiger partial charge in [0, 0.05) is 20.0 Å². The molecule has 1 aromatic rings. The average Bonchev–Trinajstić information content (AvgIpc) is 2.58. The molecule has 0 aromatic heterocycles. The van der Waals surface area contributed by atoms with E-state index in [1.165, 1.54) is 11.1 Å². The van der Waals surface area contributed by atoms with E-state index in [1.54, 1.807) is 11.9 Å². The van der Waals surface area contributed by atoms with Crippen LogP contribution in [0.1, 0.15) is 11.1 Å². The zero-order valence-corrected chi connectivity index (χ0v) is 10.2. The number of amides is 1. The van der Waals surface area contributed by atoms with Gasteiger partial charge in [-0.3, -0.25) is 0 Å². The van der Waals surface area contributed by atoms with Crippen LogP contribution in [-0.4, -0.2) is 36.7 Å². The Morgan fingerprint density at radius 2 is 2.12 bits per heavy atom. The lowest BCUT2D eigenvalue weighted by Crippen LogP contribution is -2.40. The second-order valence-electron chi connectivity index (χ2n) is 4.47. The third-order valence-corrected chi connectivity index (χ3v) is 3.39. The second-order valence-corrected chi connectivity index (χ2v) is 4.47. The van der Waals surface area contributed by atoms with Crippen molar-refractivity contribution >= 4 is 6.09 Å². The summed E-state index contributed by atoms with van der Waals surface area (Å²) >= 11 is 0. The summed E-state index contributed by atoms with van der Waals surface area (Å²) in [6, 6.07) is 8.11. The van der Waals surface area contributed by atoms with Gasteiger partial charge >= 0.3 is 6.09 Å². The number of carbonyl (C=O) groups is 1. The quantitative estimate of drug-likeness (QED) is 0.858. The van der Waals surface area contributed by atoms with Crippen LogP contribution in [0.5, 0.6) is 0 Å². The van der Waals surface area contributed by atoms with Crippen LogP contribution in [0.3, 0.4) is 0 Å². The van der Waals surface area contributed by atoms with Crippen LogP contribution in [0.2, 0.25) is 0 Å². The van der Waals surface area contributed by atoms with Gasteiger partial charge in [-0.25, -0.2) is 4.79 Å². The predicted octanol–water partition coefficient (Wildman–Crippen LogP) is 1.32. The number of hydrogen-bond donors (Lipinski definition) is 1. The number of cyclic esters (lactones) is 1. The molecule has 2 unspecified atom stereocenters. The minimum atomic E-state index is -0.279. The smallest absolute Gasteiger partial charge is 0.410 e. The molecule has 0 saturated carbocycles. The van der Waals surface area contributed by atoms with Gasteiger partial charge in [-0.2, -0.15) is 0 Å². The Morgan fingerprint density at radius 3 is 2.76 bits per heavy atom. The molecule has 4 heteroatoms. The van der Waals surface area contributed by atoms with Crippen LogP contribution in [0.4, 0.5) is 4.79 Å². The summed E-state index contributed by atoms with van der Waals surface area (Å²) in [7, 11) is 1.73. The van der Waals surface area contributed by atoms with Gasteiger partial charge in [-0.1, -0.05) is 24.3 Å². The molecule has 0 spiro atoms. The van der Waals surface area contributed by atoms with E-state index in [9.17, 15) is 4.79 Å². The lowest BCUT2D eigenvalue weighted by molar-refractivity contribution is 0.130. The highest BCUT2D eigenvalue weighted by Crippen LogP contribution is 2.22. The zero-order valence-electron chi connectivity index (χ0n) is 10.2. The highest BCUT2D eigenvalue weighted by molar-refractivity contribution is 5.70. The van der Waals surface area contributed by atoms with Crippen molar-refractivity contribution in [1.82, 2.24) is 4.90 Å². The molecule has 2 rings (SSSR count). The summed E-state index contributed by atoms with van der Waals surface area (Å²) in [5, 5.41) is 0. The topological polar surface area (TPSA) is 55.6 Å². The predicted molar refractivity (Wildman–Crippen MR) is 65.8 cm³/mol. The molecule has 4 nitrogen and oxygen atoms in total. The Hall–Kier alpha value is -1.55. The number of ether oxygens (including phenoxy) is 1. The molecule has 1 amide bonds. The SMILES string of the molecule is Cc1ccccc1CC1OC(=O)N(C)C1CN. The molecular weight excluding hydrogens is 216 g/mol. The van der Waals surface area contributed by atoms with Crippen molar-refractivity contribution in [3.05, 3.63) is 35.4 Å². The maximum Gasteiger partial charge on any atom is 0.410 e. The van der Waals surface area contributed by atoms with Gasteiger partial charge in [0.15, 0.2) is 0 Å². The number of nitrogens with two attached hydrogens (primary N) is 1. The lowest BCUT2D eigenvalue weighted by Gasteiger charge is -2.20. The number of carbonyl (C=O) groups excluding carboxylic acids is 1. The van der Waals surface area contributed by atoms with Gasteiger partial charge in [0.2, 0.25) is 0 Å². The van der Waals surface area contributed by atoms with Crippen molar-refractivity contribution in [2.75, 3.05) is 13.6 Å². The minimum absolute atomic E-state index is 0.0258. The Morgan fingerprint density at radius 1 is 1.41 bits per heavy atom. The van der Waals surface area contributed by atoms with E-state index in [4.69, 9.17) is 10.5 Å². The summed E-state index contributed by atoms with van der Waals surface area (Å²) in [6.45, 7) is 2.49. The summed E-state index contributed by atoms with van der Waals surface area (Å²) < 4.78 is 5.34. The van der Waals surface area contributed by atoms with Gasteiger partial charge < -0.3 is 15.4 Å². The summed E-state index contributed by atoms with van der Waals surface area (Å²) in [4.78, 5) is 13.1. The number of nitrogens with zero attached hydrogens (tertiary/aromatic N) is 1. The standard InChI is InChI=1S/C13H18N2O2/c1-9-5-3-4-6-10(9)7-12-11(8-14)15(2)13(16)17-12/h3-6,11-12H,7-8,14H2,1-2H3. The monoisotopic (exact) mass is 234 g/mol. The van der Waals surface area contributed by atoms with Crippen molar-refractivity contribution in [3.63, 3.8) is 0 Å². The third-order valence-electron chi connectivity index (χ3n) is 3.39. The zero-order chi connectivity index (χ0) is 12.4. The maximum atomic E-state index is 11.5. The largest absolute Gasteiger partial charge is 0.443 e. The Balaban J connectivity index is 2.14. The Bertz CT molecular complexity index is 420. The van der Waals surface area contributed by atoms with Crippen molar-refractivity contribution in [1.29, 1.82) is 0 Å². The van der Waals surface area contributed by atoms with E-state index in [0.717, 1.165) is 6.42 Å². The molecule has 1 saturated heterocycles. The van der Waals surface area contributed by atoms with E-state index in [0.29, 0.717) is 6.54 Å². The van der Waals surface area contributed by atoms with Crippen LogP contribution in [0.25, 0.3) is 0 Å². The van der Waals surface area contributed by atoms with Crippen LogP contribution in [0.15, 0.2) is 24.3 Å². The van der Waals surface area contributed by atoms with Gasteiger partial charge in [-0.15, -0.1) is 0 Å². The molecular formula is C13H18N2O2. The Labute approximate surface area is 101 Å². The van der Waals surface area contributed by atoms with Gasteiger partial charge in [0.25, 0.3) is 0 Å². The average molecular weight is 234 g/mol. The van der Waals surface area contributed by atoms with Gasteiger partial charge in [0.1, 0.15) is 6.10 Å². The summed E-state index contributed by atoms with van der Waals surface area (Å²) in [5.41, 5.74) is 8.12. The fourth-order valence-electron chi connectivity index (χ4n) is 2.22. The molecule has 1 aromatic carbocycles. The molecule has 1 fully saturated rings. The van der Waals surface area contributed by atoms with Crippen LogP contribution < -0.4 is 5.73 Å². The molecule has 1 aliphatic heterocycles. The minimum Gasteiger partial charge on any atom is -0.443 e. The van der Waals surface area contributed by atoms with Crippen LogP contribution in [0, 0.1) is 6.92 Å². The van der Waals surface area contributed by atoms with Crippen LogP contribution in [-0.2, 0) is 11.2 Å². The van der Waals surface area contributed by atoms with Crippen molar-refractivity contribution in [3.8, 4) is 0 Å². The molecule has 1 aliphatic rings. The highest BCUT2D eigenvalue weighted by atomic mass is 16.6. The van der Waals surface area contributed by atoms with E-state index in [-0.39, 0.29) is 18.2 Å². The molecule has 0 radical (unpaired) electrons.